The number of carbonyl (C=O) groups is 1. The number of hydrogen-bond donors (Lipinski definition) is 1. The van der Waals surface area contributed by atoms with Gasteiger partial charge in [-0.3, -0.25) is 4.79 Å². The average molecular weight is 350 g/mol. The lowest BCUT2D eigenvalue weighted by atomic mass is 10.1. The van der Waals surface area contributed by atoms with Crippen LogP contribution in [0.1, 0.15) is 16.1 Å². The number of benzene rings is 1. The van der Waals surface area contributed by atoms with Gasteiger partial charge in [-0.05, 0) is 29.9 Å². The molecule has 1 aromatic carbocycles. The van der Waals surface area contributed by atoms with E-state index in [9.17, 15) is 13.2 Å². The van der Waals surface area contributed by atoms with E-state index in [0.717, 1.165) is 26.8 Å². The number of amides is 1. The molecule has 23 heavy (non-hydrogen) atoms. The molecule has 1 saturated heterocycles. The second kappa shape index (κ2) is 6.43. The minimum Gasteiger partial charge on any atom is -0.338 e. The topological polar surface area (TPSA) is 66.5 Å². The zero-order valence-corrected chi connectivity index (χ0v) is 14.2. The first-order valence-corrected chi connectivity index (χ1v) is 9.75. The summed E-state index contributed by atoms with van der Waals surface area (Å²) < 4.78 is 26.4. The van der Waals surface area contributed by atoms with Gasteiger partial charge in [0.25, 0.3) is 5.91 Å². The summed E-state index contributed by atoms with van der Waals surface area (Å²) in [7, 11) is -3.40. The fourth-order valence-electron chi connectivity index (χ4n) is 2.72. The van der Waals surface area contributed by atoms with Gasteiger partial charge in [0.2, 0.25) is 10.0 Å². The van der Waals surface area contributed by atoms with Crippen molar-refractivity contribution in [1.29, 1.82) is 0 Å². The second-order valence-electron chi connectivity index (χ2n) is 5.61. The molecule has 0 aliphatic carbocycles. The van der Waals surface area contributed by atoms with Crippen molar-refractivity contribution < 1.29 is 13.2 Å². The Hall–Kier alpha value is -1.70. The standard InChI is InChI=1S/C16H18N2O3S2/c1-2-23(20,21)17-10-12-7-8-18(11-12)16(19)15-9-13-5-3-4-6-14(13)22-15/h2-6,9,12,17H,1,7-8,10-11H2. The molecule has 0 radical (unpaired) electrons. The summed E-state index contributed by atoms with van der Waals surface area (Å²) in [6, 6.07) is 9.86. The van der Waals surface area contributed by atoms with Crippen LogP contribution in [0.5, 0.6) is 0 Å². The number of carbonyl (C=O) groups excluding carboxylic acids is 1. The van der Waals surface area contributed by atoms with Crippen LogP contribution >= 0.6 is 11.3 Å². The molecule has 3 rings (SSSR count). The molecule has 1 aliphatic rings. The second-order valence-corrected chi connectivity index (χ2v) is 8.41. The van der Waals surface area contributed by atoms with Gasteiger partial charge in [0.15, 0.2) is 0 Å². The molecule has 0 saturated carbocycles. The van der Waals surface area contributed by atoms with Crippen LogP contribution in [0.25, 0.3) is 10.1 Å². The molecule has 0 bridgehead atoms. The van der Waals surface area contributed by atoms with E-state index >= 15 is 0 Å². The summed E-state index contributed by atoms with van der Waals surface area (Å²) in [5.74, 6) is 0.170. The predicted molar refractivity (Wildman–Crippen MR) is 93.0 cm³/mol. The highest BCUT2D eigenvalue weighted by molar-refractivity contribution is 7.92. The van der Waals surface area contributed by atoms with Crippen molar-refractivity contribution in [3.05, 3.63) is 47.2 Å². The lowest BCUT2D eigenvalue weighted by Gasteiger charge is -2.15. The van der Waals surface area contributed by atoms with Gasteiger partial charge in [-0.2, -0.15) is 0 Å². The summed E-state index contributed by atoms with van der Waals surface area (Å²) in [4.78, 5) is 15.1. The maximum atomic E-state index is 12.6. The molecular weight excluding hydrogens is 332 g/mol. The number of rotatable bonds is 5. The lowest BCUT2D eigenvalue weighted by Crippen LogP contribution is -2.32. The first-order valence-electron chi connectivity index (χ1n) is 7.38. The molecule has 1 fully saturated rings. The van der Waals surface area contributed by atoms with E-state index in [1.54, 1.807) is 4.90 Å². The highest BCUT2D eigenvalue weighted by atomic mass is 32.2. The predicted octanol–water partition coefficient (Wildman–Crippen LogP) is 2.43. The molecule has 1 N–H and O–H groups in total. The summed E-state index contributed by atoms with van der Waals surface area (Å²) in [6.07, 6.45) is 0.802. The van der Waals surface area contributed by atoms with E-state index in [1.807, 2.05) is 30.3 Å². The lowest BCUT2D eigenvalue weighted by molar-refractivity contribution is 0.0792. The van der Waals surface area contributed by atoms with Gasteiger partial charge in [-0.1, -0.05) is 24.8 Å². The number of likely N-dealkylation sites (tertiary alicyclic amines) is 1. The van der Waals surface area contributed by atoms with Gasteiger partial charge < -0.3 is 4.90 Å². The average Bonchev–Trinajstić information content (AvgIpc) is 3.19. The number of sulfonamides is 1. The van der Waals surface area contributed by atoms with E-state index in [1.165, 1.54) is 11.3 Å². The number of nitrogens with one attached hydrogen (secondary N) is 1. The fraction of sp³-hybridized carbons (Fsp3) is 0.312. The largest absolute Gasteiger partial charge is 0.338 e. The van der Waals surface area contributed by atoms with E-state index < -0.39 is 10.0 Å². The molecule has 1 atom stereocenters. The van der Waals surface area contributed by atoms with Crippen molar-refractivity contribution in [1.82, 2.24) is 9.62 Å². The molecule has 1 aliphatic heterocycles. The minimum atomic E-state index is -3.40. The van der Waals surface area contributed by atoms with Crippen LogP contribution in [0.15, 0.2) is 42.3 Å². The summed E-state index contributed by atoms with van der Waals surface area (Å²) in [5.41, 5.74) is 0. The molecule has 1 unspecified atom stereocenters. The minimum absolute atomic E-state index is 0.0280. The van der Waals surface area contributed by atoms with Gasteiger partial charge in [-0.25, -0.2) is 13.1 Å². The zero-order valence-electron chi connectivity index (χ0n) is 12.6. The SMILES string of the molecule is C=CS(=O)(=O)NCC1CCN(C(=O)c2cc3ccccc3s2)C1. The van der Waals surface area contributed by atoms with E-state index in [2.05, 4.69) is 11.3 Å². The van der Waals surface area contributed by atoms with Crippen molar-refractivity contribution in [2.24, 2.45) is 5.92 Å². The number of nitrogens with zero attached hydrogens (tertiary/aromatic N) is 1. The van der Waals surface area contributed by atoms with E-state index in [4.69, 9.17) is 0 Å². The van der Waals surface area contributed by atoms with Crippen molar-refractivity contribution in [3.8, 4) is 0 Å². The normalized spacial score (nSPS) is 18.4. The molecule has 2 heterocycles. The first-order chi connectivity index (χ1) is 11.0. The maximum absolute atomic E-state index is 12.6. The monoisotopic (exact) mass is 350 g/mol. The Kier molecular flexibility index (Phi) is 4.52. The van der Waals surface area contributed by atoms with Crippen LogP contribution in [-0.4, -0.2) is 38.9 Å². The van der Waals surface area contributed by atoms with Crippen molar-refractivity contribution in [2.75, 3.05) is 19.6 Å². The number of thiophene rings is 1. The van der Waals surface area contributed by atoms with E-state index in [0.29, 0.717) is 19.6 Å². The smallest absolute Gasteiger partial charge is 0.263 e. The molecule has 7 heteroatoms. The van der Waals surface area contributed by atoms with Gasteiger partial charge in [0.05, 0.1) is 4.88 Å². The van der Waals surface area contributed by atoms with Crippen LogP contribution in [0.3, 0.4) is 0 Å². The molecule has 5 nitrogen and oxygen atoms in total. The molecule has 2 aromatic rings. The third kappa shape index (κ3) is 3.63. The first kappa shape index (κ1) is 16.2. The Morgan fingerprint density at radius 1 is 1.43 bits per heavy atom. The molecule has 122 valence electrons. The Bertz CT molecular complexity index is 809. The van der Waals surface area contributed by atoms with Crippen LogP contribution in [0, 0.1) is 5.92 Å². The van der Waals surface area contributed by atoms with Crippen LogP contribution in [0.4, 0.5) is 0 Å². The molecule has 1 aromatic heterocycles. The zero-order chi connectivity index (χ0) is 16.4. The quantitative estimate of drug-likeness (QED) is 0.901. The highest BCUT2D eigenvalue weighted by Crippen LogP contribution is 2.28. The Balaban J connectivity index is 1.64. The molecular formula is C16H18N2O3S2. The fourth-order valence-corrected chi connectivity index (χ4v) is 4.34. The van der Waals surface area contributed by atoms with Crippen molar-refractivity contribution >= 4 is 37.4 Å². The Morgan fingerprint density at radius 3 is 2.96 bits per heavy atom. The third-order valence-electron chi connectivity index (χ3n) is 4.00. The van der Waals surface area contributed by atoms with Crippen LogP contribution in [-0.2, 0) is 10.0 Å². The Labute approximate surface area is 139 Å². The summed E-state index contributed by atoms with van der Waals surface area (Å²) in [6.45, 7) is 4.84. The van der Waals surface area contributed by atoms with Gasteiger partial charge in [0, 0.05) is 29.7 Å². The van der Waals surface area contributed by atoms with Crippen molar-refractivity contribution in [2.45, 2.75) is 6.42 Å². The number of hydrogen-bond acceptors (Lipinski definition) is 4. The molecule has 1 amide bonds. The van der Waals surface area contributed by atoms with E-state index in [-0.39, 0.29) is 11.8 Å². The molecule has 0 spiro atoms. The summed E-state index contributed by atoms with van der Waals surface area (Å²) in [5, 5.41) is 1.98. The number of fused-ring (bicyclic) bond motifs is 1. The maximum Gasteiger partial charge on any atom is 0.263 e. The Morgan fingerprint density at radius 2 is 2.22 bits per heavy atom. The third-order valence-corrected chi connectivity index (χ3v) is 6.11. The highest BCUT2D eigenvalue weighted by Gasteiger charge is 2.28. The van der Waals surface area contributed by atoms with Crippen LogP contribution < -0.4 is 4.72 Å². The van der Waals surface area contributed by atoms with Gasteiger partial charge in [-0.15, -0.1) is 11.3 Å². The van der Waals surface area contributed by atoms with Crippen LogP contribution in [0.2, 0.25) is 0 Å². The van der Waals surface area contributed by atoms with Gasteiger partial charge in [0.1, 0.15) is 0 Å². The van der Waals surface area contributed by atoms with Gasteiger partial charge >= 0.3 is 0 Å². The van der Waals surface area contributed by atoms with Crippen molar-refractivity contribution in [3.63, 3.8) is 0 Å². The summed E-state index contributed by atoms with van der Waals surface area (Å²) >= 11 is 1.50.